The molecule has 0 bridgehead atoms. The molecule has 104 valence electrons. The number of rotatable bonds is 5. The number of hydrogen-bond acceptors (Lipinski definition) is 3. The van der Waals surface area contributed by atoms with Crippen LogP contribution >= 0.6 is 27.5 Å². The summed E-state index contributed by atoms with van der Waals surface area (Å²) >= 11 is 9.20. The first-order valence-corrected chi connectivity index (χ1v) is 9.18. The topological polar surface area (TPSA) is 52.0 Å². The van der Waals surface area contributed by atoms with Crippen molar-refractivity contribution >= 4 is 48.4 Å². The van der Waals surface area contributed by atoms with Crippen LogP contribution in [0, 0.1) is 0 Å². The maximum absolute atomic E-state index is 11.3. The summed E-state index contributed by atoms with van der Waals surface area (Å²) in [5, 5.41) is 0. The fourth-order valence-electron chi connectivity index (χ4n) is 1.93. The smallest absolute Gasteiger partial charge is 0.149 e. The average Bonchev–Trinajstić information content (AvgIpc) is 2.63. The third kappa shape index (κ3) is 3.70. The van der Waals surface area contributed by atoms with Crippen molar-refractivity contribution in [2.75, 3.05) is 17.9 Å². The van der Waals surface area contributed by atoms with E-state index in [1.165, 1.54) is 6.26 Å². The lowest BCUT2D eigenvalue weighted by Crippen LogP contribution is -2.13. The number of aromatic nitrogens is 2. The summed E-state index contributed by atoms with van der Waals surface area (Å²) in [5.74, 6) is 1.38. The van der Waals surface area contributed by atoms with Gasteiger partial charge in [0.25, 0.3) is 0 Å². The summed E-state index contributed by atoms with van der Waals surface area (Å²) in [4.78, 5) is 4.51. The molecule has 0 atom stereocenters. The molecule has 0 radical (unpaired) electrons. The number of halogens is 2. The molecule has 4 nitrogen and oxygen atoms in total. The molecule has 2 aromatic rings. The molecule has 0 aliphatic rings. The Morgan fingerprint density at radius 3 is 2.79 bits per heavy atom. The van der Waals surface area contributed by atoms with Crippen molar-refractivity contribution in [2.24, 2.45) is 0 Å². The van der Waals surface area contributed by atoms with Gasteiger partial charge in [-0.25, -0.2) is 13.4 Å². The number of alkyl halides is 1. The van der Waals surface area contributed by atoms with Gasteiger partial charge in [-0.3, -0.25) is 0 Å². The van der Waals surface area contributed by atoms with Crippen LogP contribution in [-0.4, -0.2) is 35.9 Å². The van der Waals surface area contributed by atoms with E-state index in [4.69, 9.17) is 11.6 Å². The quantitative estimate of drug-likeness (QED) is 0.765. The van der Waals surface area contributed by atoms with Crippen LogP contribution in [0.5, 0.6) is 0 Å². The summed E-state index contributed by atoms with van der Waals surface area (Å²) in [5.41, 5.74) is 1.79. The minimum Gasteiger partial charge on any atom is -0.327 e. The third-order valence-corrected chi connectivity index (χ3v) is 4.40. The molecular formula is C12H14BrClN2O2S. The van der Waals surface area contributed by atoms with Crippen LogP contribution in [0.25, 0.3) is 11.0 Å². The second kappa shape index (κ2) is 5.81. The standard InChI is InChI=1S/C12H14BrClN2O2S/c1-19(17,18)7-6-16-11-8-9(13)2-3-10(11)15-12(16)4-5-14/h2-3,8H,4-7H2,1H3. The summed E-state index contributed by atoms with van der Waals surface area (Å²) in [6.45, 7) is 0.401. The molecule has 0 unspecified atom stereocenters. The molecule has 0 N–H and O–H groups in total. The van der Waals surface area contributed by atoms with E-state index in [0.29, 0.717) is 18.8 Å². The zero-order chi connectivity index (χ0) is 14.0. The molecule has 0 fully saturated rings. The Hall–Kier alpha value is -0.590. The highest BCUT2D eigenvalue weighted by molar-refractivity contribution is 9.10. The molecule has 0 aliphatic carbocycles. The molecule has 7 heteroatoms. The van der Waals surface area contributed by atoms with E-state index in [-0.39, 0.29) is 5.75 Å². The Balaban J connectivity index is 2.47. The number of hydrogen-bond donors (Lipinski definition) is 0. The molecule has 2 rings (SSSR count). The average molecular weight is 366 g/mol. The highest BCUT2D eigenvalue weighted by Crippen LogP contribution is 2.21. The van der Waals surface area contributed by atoms with Crippen LogP contribution in [0.2, 0.25) is 0 Å². The highest BCUT2D eigenvalue weighted by Gasteiger charge is 2.12. The molecule has 0 saturated carbocycles. The summed E-state index contributed by atoms with van der Waals surface area (Å²) in [7, 11) is -3.00. The number of fused-ring (bicyclic) bond motifs is 1. The van der Waals surface area contributed by atoms with Crippen LogP contribution in [0.15, 0.2) is 22.7 Å². The predicted molar refractivity (Wildman–Crippen MR) is 81.6 cm³/mol. The molecule has 0 spiro atoms. The van der Waals surface area contributed by atoms with Gasteiger partial charge in [0, 0.05) is 29.6 Å². The van der Waals surface area contributed by atoms with E-state index in [9.17, 15) is 8.42 Å². The number of imidazole rings is 1. The van der Waals surface area contributed by atoms with Crippen LogP contribution in [0.1, 0.15) is 5.82 Å². The highest BCUT2D eigenvalue weighted by atomic mass is 79.9. The van der Waals surface area contributed by atoms with Gasteiger partial charge < -0.3 is 4.57 Å². The van der Waals surface area contributed by atoms with Crippen molar-refractivity contribution in [3.8, 4) is 0 Å². The normalized spacial score (nSPS) is 12.2. The van der Waals surface area contributed by atoms with Crippen molar-refractivity contribution in [2.45, 2.75) is 13.0 Å². The number of benzene rings is 1. The molecule has 1 aromatic carbocycles. The van der Waals surface area contributed by atoms with Gasteiger partial charge in [0.2, 0.25) is 0 Å². The van der Waals surface area contributed by atoms with Gasteiger partial charge >= 0.3 is 0 Å². The van der Waals surface area contributed by atoms with Gasteiger partial charge in [0.1, 0.15) is 15.7 Å². The van der Waals surface area contributed by atoms with Crippen LogP contribution < -0.4 is 0 Å². The first-order chi connectivity index (χ1) is 8.90. The Bertz CT molecular complexity index is 697. The lowest BCUT2D eigenvalue weighted by atomic mass is 10.3. The number of sulfone groups is 1. The fraction of sp³-hybridized carbons (Fsp3) is 0.417. The maximum Gasteiger partial charge on any atom is 0.149 e. The fourth-order valence-corrected chi connectivity index (χ4v) is 2.96. The van der Waals surface area contributed by atoms with E-state index in [0.717, 1.165) is 21.3 Å². The molecular weight excluding hydrogens is 352 g/mol. The van der Waals surface area contributed by atoms with Gasteiger partial charge in [-0.15, -0.1) is 11.6 Å². The first kappa shape index (κ1) is 14.8. The van der Waals surface area contributed by atoms with Gasteiger partial charge in [-0.2, -0.15) is 0 Å². The van der Waals surface area contributed by atoms with Crippen molar-refractivity contribution in [1.29, 1.82) is 0 Å². The zero-order valence-corrected chi connectivity index (χ0v) is 13.6. The lowest BCUT2D eigenvalue weighted by molar-refractivity contribution is 0.594. The van der Waals surface area contributed by atoms with Crippen molar-refractivity contribution in [1.82, 2.24) is 9.55 Å². The second-order valence-electron chi connectivity index (χ2n) is 4.38. The van der Waals surface area contributed by atoms with Gasteiger partial charge in [-0.1, -0.05) is 15.9 Å². The van der Waals surface area contributed by atoms with Crippen molar-refractivity contribution < 1.29 is 8.42 Å². The second-order valence-corrected chi connectivity index (χ2v) is 7.93. The zero-order valence-electron chi connectivity index (χ0n) is 10.4. The monoisotopic (exact) mass is 364 g/mol. The van der Waals surface area contributed by atoms with Crippen LogP contribution in [0.3, 0.4) is 0 Å². The largest absolute Gasteiger partial charge is 0.327 e. The van der Waals surface area contributed by atoms with Gasteiger partial charge in [0.05, 0.1) is 16.8 Å². The SMILES string of the molecule is CS(=O)(=O)CCn1c(CCCl)nc2ccc(Br)cc21. The van der Waals surface area contributed by atoms with E-state index in [2.05, 4.69) is 20.9 Å². The Labute approximate surface area is 125 Å². The third-order valence-electron chi connectivity index (χ3n) is 2.79. The lowest BCUT2D eigenvalue weighted by Gasteiger charge is -2.07. The van der Waals surface area contributed by atoms with Crippen molar-refractivity contribution in [3.63, 3.8) is 0 Å². The molecule has 1 heterocycles. The van der Waals surface area contributed by atoms with Crippen LogP contribution in [0.4, 0.5) is 0 Å². The molecule has 0 aliphatic heterocycles. The van der Waals surface area contributed by atoms with E-state index >= 15 is 0 Å². The molecule has 0 saturated heterocycles. The minimum absolute atomic E-state index is 0.0975. The predicted octanol–water partition coefficient (Wildman–Crippen LogP) is 2.62. The Morgan fingerprint density at radius 1 is 1.42 bits per heavy atom. The molecule has 1 aromatic heterocycles. The summed E-state index contributed by atoms with van der Waals surface area (Å²) in [6, 6.07) is 5.77. The Kier molecular flexibility index (Phi) is 4.53. The Morgan fingerprint density at radius 2 is 2.16 bits per heavy atom. The van der Waals surface area contributed by atoms with Crippen LogP contribution in [-0.2, 0) is 22.8 Å². The summed E-state index contributed by atoms with van der Waals surface area (Å²) < 4.78 is 25.5. The molecule has 0 amide bonds. The number of nitrogens with zero attached hydrogens (tertiary/aromatic N) is 2. The van der Waals surface area contributed by atoms with Crippen molar-refractivity contribution in [3.05, 3.63) is 28.5 Å². The minimum atomic E-state index is -3.00. The summed E-state index contributed by atoms with van der Waals surface area (Å²) in [6.07, 6.45) is 1.86. The van der Waals surface area contributed by atoms with Gasteiger partial charge in [0.15, 0.2) is 0 Å². The van der Waals surface area contributed by atoms with E-state index < -0.39 is 9.84 Å². The maximum atomic E-state index is 11.3. The first-order valence-electron chi connectivity index (χ1n) is 5.79. The molecule has 19 heavy (non-hydrogen) atoms. The van der Waals surface area contributed by atoms with Gasteiger partial charge in [-0.05, 0) is 18.2 Å². The number of aryl methyl sites for hydroxylation is 2. The van der Waals surface area contributed by atoms with E-state index in [1.54, 1.807) is 0 Å². The van der Waals surface area contributed by atoms with E-state index in [1.807, 2.05) is 22.8 Å².